The fourth-order valence-corrected chi connectivity index (χ4v) is 9.49. The van der Waals surface area contributed by atoms with E-state index in [0.29, 0.717) is 11.1 Å². The second-order valence-corrected chi connectivity index (χ2v) is 14.6. The van der Waals surface area contributed by atoms with Crippen LogP contribution in [0.3, 0.4) is 0 Å². The highest BCUT2D eigenvalue weighted by molar-refractivity contribution is 6.15. The van der Waals surface area contributed by atoms with Crippen LogP contribution in [0.4, 0.5) is 0 Å². The van der Waals surface area contributed by atoms with Crippen molar-refractivity contribution in [1.82, 2.24) is 13.7 Å². The van der Waals surface area contributed by atoms with Crippen molar-refractivity contribution >= 4 is 65.4 Å². The minimum atomic E-state index is -0.0524. The molecule has 0 bridgehead atoms. The van der Waals surface area contributed by atoms with Crippen LogP contribution in [0.5, 0.6) is 5.75 Å². The van der Waals surface area contributed by atoms with Crippen molar-refractivity contribution in [2.45, 2.75) is 12.0 Å². The summed E-state index contributed by atoms with van der Waals surface area (Å²) in [6.45, 7) is 0. The summed E-state index contributed by atoms with van der Waals surface area (Å²) >= 11 is 0. The average Bonchev–Trinajstić information content (AvgIpc) is 3.99. The van der Waals surface area contributed by atoms with Gasteiger partial charge in [0.25, 0.3) is 0 Å². The van der Waals surface area contributed by atoms with Gasteiger partial charge in [0.2, 0.25) is 0 Å². The molecule has 7 aromatic carbocycles. The molecule has 0 radical (unpaired) electrons. The lowest BCUT2D eigenvalue weighted by atomic mass is 9.91. The molecule has 2 unspecified atom stereocenters. The number of aromatic nitrogens is 3. The fourth-order valence-electron chi connectivity index (χ4n) is 9.49. The summed E-state index contributed by atoms with van der Waals surface area (Å²) in [6.07, 6.45) is 8.44. The van der Waals surface area contributed by atoms with E-state index in [9.17, 15) is 10.5 Å². The molecule has 0 N–H and O–H groups in total. The normalized spacial score (nSPS) is 15.8. The van der Waals surface area contributed by atoms with Gasteiger partial charge in [0, 0.05) is 44.1 Å². The first kappa shape index (κ1) is 30.6. The van der Waals surface area contributed by atoms with E-state index in [4.69, 9.17) is 4.74 Å². The van der Waals surface area contributed by atoms with Gasteiger partial charge in [-0.25, -0.2) is 0 Å². The topological polar surface area (TPSA) is 71.6 Å². The van der Waals surface area contributed by atoms with Crippen molar-refractivity contribution in [2.75, 3.05) is 0 Å². The minimum Gasteiger partial charge on any atom is -0.484 e. The molecule has 4 heterocycles. The first-order valence-electron chi connectivity index (χ1n) is 18.8. The van der Waals surface area contributed by atoms with E-state index in [0.717, 1.165) is 77.5 Å². The molecule has 0 fully saturated rings. The third kappa shape index (κ3) is 4.02. The second kappa shape index (κ2) is 11.4. The number of hydrogen-bond acceptors (Lipinski definition) is 3. The molecule has 0 amide bonds. The zero-order valence-electron chi connectivity index (χ0n) is 29.9. The van der Waals surface area contributed by atoms with E-state index in [1.54, 1.807) is 0 Å². The predicted octanol–water partition coefficient (Wildman–Crippen LogP) is 11.7. The van der Waals surface area contributed by atoms with E-state index in [1.807, 2.05) is 12.1 Å². The van der Waals surface area contributed by atoms with Crippen LogP contribution >= 0.6 is 0 Å². The molecule has 2 aliphatic rings. The van der Waals surface area contributed by atoms with Gasteiger partial charge in [0.15, 0.2) is 0 Å². The van der Waals surface area contributed by atoms with Gasteiger partial charge >= 0.3 is 0 Å². The Bertz CT molecular complexity index is 3450. The molecule has 12 rings (SSSR count). The first-order valence-corrected chi connectivity index (χ1v) is 18.8. The van der Waals surface area contributed by atoms with Gasteiger partial charge in [-0.3, -0.25) is 0 Å². The maximum Gasteiger partial charge on any atom is 0.134 e. The number of rotatable bonds is 3. The summed E-state index contributed by atoms with van der Waals surface area (Å²) in [5, 5.41) is 27.6. The number of ether oxygens (including phenoxy) is 1. The van der Waals surface area contributed by atoms with Gasteiger partial charge in [0.1, 0.15) is 24.0 Å². The van der Waals surface area contributed by atoms with Crippen LogP contribution in [0.15, 0.2) is 164 Å². The lowest BCUT2D eigenvalue weighted by Crippen LogP contribution is -2.15. The highest BCUT2D eigenvalue weighted by Crippen LogP contribution is 2.49. The van der Waals surface area contributed by atoms with Gasteiger partial charge in [-0.1, -0.05) is 97.1 Å². The minimum absolute atomic E-state index is 0.0524. The molecule has 0 saturated heterocycles. The van der Waals surface area contributed by atoms with Crippen LogP contribution in [0.25, 0.3) is 82.5 Å². The number of hydrogen-bond donors (Lipinski definition) is 0. The largest absolute Gasteiger partial charge is 0.484 e. The maximum absolute atomic E-state index is 10.4. The Balaban J connectivity index is 1.17. The van der Waals surface area contributed by atoms with Gasteiger partial charge in [-0.05, 0) is 66.7 Å². The number of allylic oxidation sites excluding steroid dienone is 2. The van der Waals surface area contributed by atoms with E-state index in [-0.39, 0.29) is 12.0 Å². The lowest BCUT2D eigenvalue weighted by Gasteiger charge is -2.18. The van der Waals surface area contributed by atoms with Crippen molar-refractivity contribution in [3.8, 4) is 35.0 Å². The van der Waals surface area contributed by atoms with Crippen LogP contribution in [-0.4, -0.2) is 19.8 Å². The quantitative estimate of drug-likeness (QED) is 0.183. The summed E-state index contributed by atoms with van der Waals surface area (Å²) in [7, 11) is 0. The van der Waals surface area contributed by atoms with E-state index in [1.165, 1.54) is 16.3 Å². The van der Waals surface area contributed by atoms with Crippen LogP contribution in [0, 0.1) is 22.7 Å². The molecule has 3 aromatic heterocycles. The summed E-state index contributed by atoms with van der Waals surface area (Å²) in [6, 6.07) is 53.4. The third-order valence-corrected chi connectivity index (χ3v) is 11.9. The Kier molecular flexibility index (Phi) is 6.21. The van der Waals surface area contributed by atoms with Crippen molar-refractivity contribution in [1.29, 1.82) is 10.5 Å². The molecule has 1 aliphatic heterocycles. The molecule has 1 aliphatic carbocycles. The van der Waals surface area contributed by atoms with Gasteiger partial charge < -0.3 is 18.4 Å². The number of nitriles is 2. The van der Waals surface area contributed by atoms with Gasteiger partial charge in [-0.15, -0.1) is 0 Å². The molecule has 0 saturated carbocycles. The van der Waals surface area contributed by atoms with Gasteiger partial charge in [-0.2, -0.15) is 10.5 Å². The molecule has 2 atom stereocenters. The summed E-state index contributed by atoms with van der Waals surface area (Å²) in [5.41, 5.74) is 10.8. The molecule has 6 nitrogen and oxygen atoms in total. The highest BCUT2D eigenvalue weighted by atomic mass is 16.5. The number of nitrogens with zero attached hydrogens (tertiary/aromatic N) is 5. The van der Waals surface area contributed by atoms with E-state index < -0.39 is 0 Å². The Hall–Kier alpha value is -7.80. The summed E-state index contributed by atoms with van der Waals surface area (Å²) in [4.78, 5) is 0. The van der Waals surface area contributed by atoms with Gasteiger partial charge in [0.05, 0.1) is 61.0 Å². The molecule has 10 aromatic rings. The van der Waals surface area contributed by atoms with Crippen LogP contribution < -0.4 is 4.74 Å². The SMILES string of the molecule is N#Cc1cc(-n2c3ccccc3c3cc(-n4c5ccccc5c5ccccc54)ccc32)c(-n2c3ccccc3c3c4c(ccc32)C2C=CC=CC2O4)cc1C#N. The first-order chi connectivity index (χ1) is 27.7. The standard InChI is InChI=1S/C50H29N5O/c51-28-30-25-46(47(26-31(30)29-52)55-43-19-9-4-15-38(43)49-45(55)24-22-37-36-14-5-10-20-48(36)56-50(37)49)54-42-18-8-3-13-35(42)39-27-32(21-23-44(39)54)53-40-16-6-1-11-33(40)34-12-2-7-17-41(34)53/h1-27,36,48H. The zero-order chi connectivity index (χ0) is 37.1. The average molecular weight is 716 g/mol. The molecular formula is C50H29N5O. The predicted molar refractivity (Wildman–Crippen MR) is 224 cm³/mol. The number of para-hydroxylation sites is 4. The van der Waals surface area contributed by atoms with E-state index >= 15 is 0 Å². The Morgan fingerprint density at radius 3 is 1.61 bits per heavy atom. The smallest absolute Gasteiger partial charge is 0.134 e. The van der Waals surface area contributed by atoms with E-state index in [2.05, 4.69) is 178 Å². The fraction of sp³-hybridized carbons (Fsp3) is 0.0400. The van der Waals surface area contributed by atoms with Crippen LogP contribution in [0.2, 0.25) is 0 Å². The third-order valence-electron chi connectivity index (χ3n) is 11.9. The van der Waals surface area contributed by atoms with Crippen LogP contribution in [-0.2, 0) is 0 Å². The van der Waals surface area contributed by atoms with Crippen molar-refractivity contribution in [2.24, 2.45) is 0 Å². The second-order valence-electron chi connectivity index (χ2n) is 14.6. The Morgan fingerprint density at radius 1 is 0.464 bits per heavy atom. The Morgan fingerprint density at radius 2 is 0.964 bits per heavy atom. The van der Waals surface area contributed by atoms with Crippen molar-refractivity contribution < 1.29 is 4.74 Å². The summed E-state index contributed by atoms with van der Waals surface area (Å²) < 4.78 is 13.6. The number of fused-ring (bicyclic) bond motifs is 13. The molecule has 56 heavy (non-hydrogen) atoms. The highest BCUT2D eigenvalue weighted by Gasteiger charge is 2.35. The van der Waals surface area contributed by atoms with Crippen molar-refractivity contribution in [3.63, 3.8) is 0 Å². The lowest BCUT2D eigenvalue weighted by molar-refractivity contribution is 0.271. The molecular weight excluding hydrogens is 687 g/mol. The van der Waals surface area contributed by atoms with Crippen LogP contribution in [0.1, 0.15) is 22.6 Å². The monoisotopic (exact) mass is 715 g/mol. The molecule has 6 heteroatoms. The number of benzene rings is 7. The summed E-state index contributed by atoms with van der Waals surface area (Å²) in [5.74, 6) is 1.05. The molecule has 260 valence electrons. The maximum atomic E-state index is 10.4. The molecule has 0 spiro atoms. The zero-order valence-corrected chi connectivity index (χ0v) is 29.9. The van der Waals surface area contributed by atoms with Crippen molar-refractivity contribution in [3.05, 3.63) is 181 Å². The Labute approximate surface area is 320 Å².